The number of rotatable bonds is 6. The zero-order valence-electron chi connectivity index (χ0n) is 13.6. The van der Waals surface area contributed by atoms with Gasteiger partial charge in [-0.3, -0.25) is 9.59 Å². The Morgan fingerprint density at radius 2 is 1.60 bits per heavy atom. The summed E-state index contributed by atoms with van der Waals surface area (Å²) in [5.41, 5.74) is 1.40. The summed E-state index contributed by atoms with van der Waals surface area (Å²) in [6.45, 7) is 1.66. The fourth-order valence-electron chi connectivity index (χ4n) is 2.29. The van der Waals surface area contributed by atoms with Gasteiger partial charge in [0.1, 0.15) is 6.54 Å². The summed E-state index contributed by atoms with van der Waals surface area (Å²) in [5.74, 6) is -0.608. The Kier molecular flexibility index (Phi) is 7.12. The summed E-state index contributed by atoms with van der Waals surface area (Å²) < 4.78 is 0. The summed E-state index contributed by atoms with van der Waals surface area (Å²) in [5, 5.41) is 4.09. The van der Waals surface area contributed by atoms with Crippen LogP contribution in [0.15, 0.2) is 42.5 Å². The Morgan fingerprint density at radius 1 is 1.00 bits per heavy atom. The van der Waals surface area contributed by atoms with E-state index in [0.29, 0.717) is 33.7 Å². The third-order valence-corrected chi connectivity index (χ3v) is 4.40. The highest BCUT2D eigenvalue weighted by molar-refractivity contribution is 6.40. The van der Waals surface area contributed by atoms with Crippen LogP contribution in [0.25, 0.3) is 0 Å². The van der Waals surface area contributed by atoms with Crippen molar-refractivity contribution in [3.8, 4) is 0 Å². The van der Waals surface area contributed by atoms with Crippen molar-refractivity contribution in [2.24, 2.45) is 0 Å². The van der Waals surface area contributed by atoms with Crippen molar-refractivity contribution in [3.05, 3.63) is 63.1 Å². The van der Waals surface area contributed by atoms with Crippen LogP contribution in [0.2, 0.25) is 15.1 Å². The third-order valence-electron chi connectivity index (χ3n) is 3.54. The van der Waals surface area contributed by atoms with E-state index in [9.17, 15) is 9.59 Å². The lowest BCUT2D eigenvalue weighted by Crippen LogP contribution is -2.40. The van der Waals surface area contributed by atoms with E-state index < -0.39 is 0 Å². The van der Waals surface area contributed by atoms with E-state index in [1.54, 1.807) is 30.3 Å². The summed E-state index contributed by atoms with van der Waals surface area (Å²) in [6, 6.07) is 12.3. The van der Waals surface area contributed by atoms with E-state index in [0.717, 1.165) is 5.56 Å². The number of carbonyl (C=O) groups is 2. The number of benzene rings is 2. The number of halogens is 3. The van der Waals surface area contributed by atoms with Gasteiger partial charge in [0.15, 0.2) is 0 Å². The predicted octanol–water partition coefficient (Wildman–Crippen LogP) is 4.36. The van der Waals surface area contributed by atoms with E-state index >= 15 is 0 Å². The second-order valence-electron chi connectivity index (χ2n) is 5.40. The highest BCUT2D eigenvalue weighted by atomic mass is 35.5. The van der Waals surface area contributed by atoms with Crippen molar-refractivity contribution in [1.29, 1.82) is 0 Å². The van der Waals surface area contributed by atoms with Crippen molar-refractivity contribution in [1.82, 2.24) is 5.32 Å². The molecule has 1 N–H and O–H groups in total. The highest BCUT2D eigenvalue weighted by Gasteiger charge is 2.20. The van der Waals surface area contributed by atoms with Gasteiger partial charge >= 0.3 is 0 Å². The van der Waals surface area contributed by atoms with Gasteiger partial charge in [0.05, 0.1) is 15.7 Å². The number of anilines is 1. The van der Waals surface area contributed by atoms with Crippen molar-refractivity contribution in [2.75, 3.05) is 18.0 Å². The normalized spacial score (nSPS) is 10.4. The number of hydrogen-bond donors (Lipinski definition) is 1. The van der Waals surface area contributed by atoms with Gasteiger partial charge in [0.25, 0.3) is 0 Å². The molecule has 0 unspecified atom stereocenters. The van der Waals surface area contributed by atoms with Crippen LogP contribution in [0.3, 0.4) is 0 Å². The van der Waals surface area contributed by atoms with Crippen molar-refractivity contribution in [2.45, 2.75) is 13.3 Å². The Hall–Kier alpha value is -1.75. The van der Waals surface area contributed by atoms with Crippen LogP contribution in [0.1, 0.15) is 12.5 Å². The van der Waals surface area contributed by atoms with Gasteiger partial charge in [-0.15, -0.1) is 0 Å². The minimum absolute atomic E-state index is 0.153. The maximum atomic E-state index is 12.2. The first kappa shape index (κ1) is 19.6. The molecule has 0 bridgehead atoms. The molecular formula is C18H17Cl3N2O2. The molecule has 0 radical (unpaired) electrons. The van der Waals surface area contributed by atoms with Gasteiger partial charge in [-0.05, 0) is 36.2 Å². The Balaban J connectivity index is 1.96. The van der Waals surface area contributed by atoms with Gasteiger partial charge < -0.3 is 10.2 Å². The van der Waals surface area contributed by atoms with Gasteiger partial charge in [-0.25, -0.2) is 0 Å². The molecule has 132 valence electrons. The Bertz CT molecular complexity index is 743. The number of nitrogens with zero attached hydrogens (tertiary/aromatic N) is 1. The number of carbonyl (C=O) groups excluding carboxylic acids is 2. The SMILES string of the molecule is CC(=O)N(CC(=O)NCCc1ccc(Cl)cc1)c1c(Cl)cccc1Cl. The van der Waals surface area contributed by atoms with Gasteiger partial charge in [-0.2, -0.15) is 0 Å². The largest absolute Gasteiger partial charge is 0.354 e. The average Bonchev–Trinajstić information content (AvgIpc) is 2.55. The summed E-state index contributed by atoms with van der Waals surface area (Å²) in [7, 11) is 0. The van der Waals surface area contributed by atoms with Crippen LogP contribution in [0.4, 0.5) is 5.69 Å². The molecule has 0 saturated heterocycles. The second-order valence-corrected chi connectivity index (χ2v) is 6.65. The molecule has 4 nitrogen and oxygen atoms in total. The second kappa shape index (κ2) is 9.09. The van der Waals surface area contributed by atoms with E-state index in [1.165, 1.54) is 11.8 Å². The Morgan fingerprint density at radius 3 is 2.16 bits per heavy atom. The van der Waals surface area contributed by atoms with Crippen LogP contribution in [0, 0.1) is 0 Å². The molecule has 0 spiro atoms. The molecule has 0 saturated carbocycles. The molecule has 0 aliphatic carbocycles. The topological polar surface area (TPSA) is 49.4 Å². The molecule has 0 atom stereocenters. The molecule has 25 heavy (non-hydrogen) atoms. The first-order chi connectivity index (χ1) is 11.9. The maximum Gasteiger partial charge on any atom is 0.240 e. The molecule has 0 aromatic heterocycles. The summed E-state index contributed by atoms with van der Waals surface area (Å²) in [4.78, 5) is 25.4. The minimum atomic E-state index is -0.317. The molecule has 2 amide bonds. The smallest absolute Gasteiger partial charge is 0.240 e. The van der Waals surface area contributed by atoms with Crippen LogP contribution in [-0.2, 0) is 16.0 Å². The first-order valence-corrected chi connectivity index (χ1v) is 8.75. The average molecular weight is 400 g/mol. The third kappa shape index (κ3) is 5.63. The standard InChI is InChI=1S/C18H17Cl3N2O2/c1-12(24)23(18-15(20)3-2-4-16(18)21)11-17(25)22-10-9-13-5-7-14(19)8-6-13/h2-8H,9-11H2,1H3,(H,22,25). The molecular weight excluding hydrogens is 383 g/mol. The van der Waals surface area contributed by atoms with Crippen molar-refractivity contribution in [3.63, 3.8) is 0 Å². The maximum absolute atomic E-state index is 12.2. The highest BCUT2D eigenvalue weighted by Crippen LogP contribution is 2.33. The van der Waals surface area contributed by atoms with E-state index in [1.807, 2.05) is 12.1 Å². The fourth-order valence-corrected chi connectivity index (χ4v) is 3.02. The summed E-state index contributed by atoms with van der Waals surface area (Å²) in [6.07, 6.45) is 0.663. The Labute approximate surface area is 161 Å². The van der Waals surface area contributed by atoms with Crippen LogP contribution < -0.4 is 10.2 Å². The zero-order chi connectivity index (χ0) is 18.4. The molecule has 0 aliphatic heterocycles. The number of amides is 2. The van der Waals surface area contributed by atoms with E-state index in [-0.39, 0.29) is 18.4 Å². The van der Waals surface area contributed by atoms with Crippen LogP contribution >= 0.6 is 34.8 Å². The quantitative estimate of drug-likeness (QED) is 0.784. The van der Waals surface area contributed by atoms with Gasteiger partial charge in [-0.1, -0.05) is 53.0 Å². The number of hydrogen-bond acceptors (Lipinski definition) is 2. The van der Waals surface area contributed by atoms with Gasteiger partial charge in [0.2, 0.25) is 11.8 Å². The van der Waals surface area contributed by atoms with E-state index in [4.69, 9.17) is 34.8 Å². The van der Waals surface area contributed by atoms with E-state index in [2.05, 4.69) is 5.32 Å². The molecule has 2 aromatic rings. The van der Waals surface area contributed by atoms with Crippen LogP contribution in [0.5, 0.6) is 0 Å². The molecule has 0 aliphatic rings. The molecule has 2 aromatic carbocycles. The number of nitrogens with one attached hydrogen (secondary N) is 1. The lowest BCUT2D eigenvalue weighted by molar-refractivity contribution is -0.123. The monoisotopic (exact) mass is 398 g/mol. The number of para-hydroxylation sites is 1. The van der Waals surface area contributed by atoms with Crippen LogP contribution in [-0.4, -0.2) is 24.9 Å². The fraction of sp³-hybridized carbons (Fsp3) is 0.222. The minimum Gasteiger partial charge on any atom is -0.354 e. The zero-order valence-corrected chi connectivity index (χ0v) is 15.8. The van der Waals surface area contributed by atoms with Gasteiger partial charge in [0, 0.05) is 18.5 Å². The lowest BCUT2D eigenvalue weighted by Gasteiger charge is -2.23. The molecule has 2 rings (SSSR count). The predicted molar refractivity (Wildman–Crippen MR) is 103 cm³/mol. The first-order valence-electron chi connectivity index (χ1n) is 7.61. The molecule has 7 heteroatoms. The lowest BCUT2D eigenvalue weighted by atomic mass is 10.1. The van der Waals surface area contributed by atoms with Crippen molar-refractivity contribution < 1.29 is 9.59 Å². The van der Waals surface area contributed by atoms with Crippen molar-refractivity contribution >= 4 is 52.3 Å². The summed E-state index contributed by atoms with van der Waals surface area (Å²) >= 11 is 18.1. The molecule has 0 fully saturated rings. The molecule has 0 heterocycles.